The number of benzene rings is 1. The first kappa shape index (κ1) is 10.4. The lowest BCUT2D eigenvalue weighted by Crippen LogP contribution is -1.86. The summed E-state index contributed by atoms with van der Waals surface area (Å²) in [4.78, 5) is 4.32. The van der Waals surface area contributed by atoms with Crippen LogP contribution < -0.4 is 0 Å². The van der Waals surface area contributed by atoms with E-state index in [0.717, 1.165) is 25.4 Å². The molecule has 4 heteroatoms. The minimum Gasteiger partial charge on any atom is -0.254 e. The van der Waals surface area contributed by atoms with E-state index in [-0.39, 0.29) is 0 Å². The summed E-state index contributed by atoms with van der Waals surface area (Å²) < 4.78 is 1.79. The standard InChI is InChI=1S/C10H6Br2ClN/c1-5-2-3-6(11)10-8(5)9(13)7(12)4-14-10/h2-4H,1H3. The lowest BCUT2D eigenvalue weighted by Gasteiger charge is -2.06. The van der Waals surface area contributed by atoms with Crippen LogP contribution in [0.25, 0.3) is 10.9 Å². The number of aryl methyl sites for hydroxylation is 1. The second-order valence-corrected chi connectivity index (χ2v) is 5.09. The quantitative estimate of drug-likeness (QED) is 0.679. The summed E-state index contributed by atoms with van der Waals surface area (Å²) in [5, 5.41) is 1.71. The van der Waals surface area contributed by atoms with E-state index in [1.54, 1.807) is 6.20 Å². The van der Waals surface area contributed by atoms with Crippen molar-refractivity contribution in [2.24, 2.45) is 0 Å². The third-order valence-electron chi connectivity index (χ3n) is 2.07. The van der Waals surface area contributed by atoms with Crippen LogP contribution in [-0.2, 0) is 0 Å². The van der Waals surface area contributed by atoms with Crippen molar-refractivity contribution in [3.63, 3.8) is 0 Å². The van der Waals surface area contributed by atoms with Crippen LogP contribution in [0.3, 0.4) is 0 Å². The zero-order valence-electron chi connectivity index (χ0n) is 7.31. The molecule has 14 heavy (non-hydrogen) atoms. The van der Waals surface area contributed by atoms with Crippen LogP contribution in [0.15, 0.2) is 27.3 Å². The molecule has 0 aliphatic carbocycles. The average molecular weight is 335 g/mol. The van der Waals surface area contributed by atoms with Gasteiger partial charge >= 0.3 is 0 Å². The molecule has 1 aromatic heterocycles. The van der Waals surface area contributed by atoms with Gasteiger partial charge in [0.05, 0.1) is 15.0 Å². The molecule has 1 aromatic carbocycles. The maximum absolute atomic E-state index is 6.20. The summed E-state index contributed by atoms with van der Waals surface area (Å²) in [7, 11) is 0. The third-order valence-corrected chi connectivity index (χ3v) is 3.94. The van der Waals surface area contributed by atoms with Crippen LogP contribution in [0, 0.1) is 6.92 Å². The second-order valence-electron chi connectivity index (χ2n) is 3.01. The topological polar surface area (TPSA) is 12.9 Å². The maximum atomic E-state index is 6.20. The maximum Gasteiger partial charge on any atom is 0.0862 e. The highest BCUT2D eigenvalue weighted by Crippen LogP contribution is 2.34. The summed E-state index contributed by atoms with van der Waals surface area (Å²) in [5.41, 5.74) is 2.03. The highest BCUT2D eigenvalue weighted by Gasteiger charge is 2.09. The van der Waals surface area contributed by atoms with E-state index < -0.39 is 0 Å². The molecule has 0 saturated heterocycles. The molecule has 72 valence electrons. The van der Waals surface area contributed by atoms with Gasteiger partial charge in [0, 0.05) is 16.1 Å². The minimum absolute atomic E-state index is 0.716. The third kappa shape index (κ3) is 1.58. The smallest absolute Gasteiger partial charge is 0.0862 e. The molecule has 0 bridgehead atoms. The van der Waals surface area contributed by atoms with Gasteiger partial charge in [-0.3, -0.25) is 4.98 Å². The molecule has 0 unspecified atom stereocenters. The average Bonchev–Trinajstić information content (AvgIpc) is 2.16. The van der Waals surface area contributed by atoms with Crippen molar-refractivity contribution >= 4 is 54.4 Å². The Labute approximate surface area is 104 Å². The van der Waals surface area contributed by atoms with E-state index in [1.165, 1.54) is 0 Å². The highest BCUT2D eigenvalue weighted by molar-refractivity contribution is 9.11. The molecule has 0 spiro atoms. The molecule has 0 aliphatic rings. The van der Waals surface area contributed by atoms with Gasteiger partial charge in [0.15, 0.2) is 0 Å². The number of hydrogen-bond acceptors (Lipinski definition) is 1. The molecule has 2 aromatic rings. The van der Waals surface area contributed by atoms with Gasteiger partial charge in [0.25, 0.3) is 0 Å². The van der Waals surface area contributed by atoms with Crippen molar-refractivity contribution in [3.8, 4) is 0 Å². The minimum atomic E-state index is 0.716. The monoisotopic (exact) mass is 333 g/mol. The Bertz CT molecular complexity index is 511. The Hall–Kier alpha value is -0.120. The van der Waals surface area contributed by atoms with Gasteiger partial charge in [-0.05, 0) is 50.4 Å². The van der Waals surface area contributed by atoms with E-state index in [4.69, 9.17) is 11.6 Å². The van der Waals surface area contributed by atoms with Crippen LogP contribution >= 0.6 is 43.5 Å². The number of aromatic nitrogens is 1. The number of hydrogen-bond donors (Lipinski definition) is 0. The largest absolute Gasteiger partial charge is 0.254 e. The molecule has 0 amide bonds. The Morgan fingerprint density at radius 3 is 2.64 bits per heavy atom. The fraction of sp³-hybridized carbons (Fsp3) is 0.100. The lowest BCUT2D eigenvalue weighted by atomic mass is 10.1. The first-order valence-corrected chi connectivity index (χ1v) is 5.96. The van der Waals surface area contributed by atoms with E-state index in [2.05, 4.69) is 36.8 Å². The predicted molar refractivity (Wildman–Crippen MR) is 66.9 cm³/mol. The van der Waals surface area contributed by atoms with Crippen LogP contribution in [0.5, 0.6) is 0 Å². The summed E-state index contributed by atoms with van der Waals surface area (Å²) in [5.74, 6) is 0. The highest BCUT2D eigenvalue weighted by atomic mass is 79.9. The summed E-state index contributed by atoms with van der Waals surface area (Å²) in [6, 6.07) is 4.00. The molecule has 0 fully saturated rings. The fourth-order valence-electron chi connectivity index (χ4n) is 1.37. The van der Waals surface area contributed by atoms with E-state index in [9.17, 15) is 0 Å². The molecular weight excluding hydrogens is 329 g/mol. The lowest BCUT2D eigenvalue weighted by molar-refractivity contribution is 1.36. The zero-order valence-corrected chi connectivity index (χ0v) is 11.2. The SMILES string of the molecule is Cc1ccc(Br)c2ncc(Br)c(Cl)c12. The van der Waals surface area contributed by atoms with E-state index >= 15 is 0 Å². The molecule has 0 N–H and O–H groups in total. The Kier molecular flexibility index (Phi) is 2.82. The van der Waals surface area contributed by atoms with Crippen LogP contribution in [-0.4, -0.2) is 4.98 Å². The first-order chi connectivity index (χ1) is 6.61. The van der Waals surface area contributed by atoms with Crippen molar-refractivity contribution in [2.75, 3.05) is 0 Å². The first-order valence-electron chi connectivity index (χ1n) is 4.00. The summed E-state index contributed by atoms with van der Waals surface area (Å²) in [6.45, 7) is 2.02. The van der Waals surface area contributed by atoms with Gasteiger partial charge in [0.1, 0.15) is 0 Å². The fourth-order valence-corrected chi connectivity index (χ4v) is 2.39. The molecule has 0 radical (unpaired) electrons. The summed E-state index contributed by atoms with van der Waals surface area (Å²) in [6.07, 6.45) is 1.72. The van der Waals surface area contributed by atoms with Crippen molar-refractivity contribution < 1.29 is 0 Å². The van der Waals surface area contributed by atoms with Gasteiger partial charge < -0.3 is 0 Å². The molecule has 0 aliphatic heterocycles. The number of fused-ring (bicyclic) bond motifs is 1. The van der Waals surface area contributed by atoms with Crippen LogP contribution in [0.1, 0.15) is 5.56 Å². The van der Waals surface area contributed by atoms with Gasteiger partial charge in [0.2, 0.25) is 0 Å². The van der Waals surface area contributed by atoms with Gasteiger partial charge in [-0.25, -0.2) is 0 Å². The number of pyridine rings is 1. The van der Waals surface area contributed by atoms with Crippen molar-refractivity contribution in [2.45, 2.75) is 6.92 Å². The van der Waals surface area contributed by atoms with E-state index in [0.29, 0.717) is 5.02 Å². The van der Waals surface area contributed by atoms with Crippen LogP contribution in [0.2, 0.25) is 5.02 Å². The molecule has 2 rings (SSSR count). The predicted octanol–water partition coefficient (Wildman–Crippen LogP) is 4.72. The number of halogens is 3. The molecule has 0 saturated carbocycles. The molecule has 1 heterocycles. The Morgan fingerprint density at radius 1 is 1.21 bits per heavy atom. The van der Waals surface area contributed by atoms with Crippen molar-refractivity contribution in [3.05, 3.63) is 37.9 Å². The second kappa shape index (κ2) is 3.80. The summed E-state index contributed by atoms with van der Waals surface area (Å²) >= 11 is 13.0. The van der Waals surface area contributed by atoms with Crippen molar-refractivity contribution in [1.82, 2.24) is 4.98 Å². The Morgan fingerprint density at radius 2 is 1.93 bits per heavy atom. The number of rotatable bonds is 0. The number of nitrogens with zero attached hydrogens (tertiary/aromatic N) is 1. The molecule has 1 nitrogen and oxygen atoms in total. The van der Waals surface area contributed by atoms with Crippen molar-refractivity contribution in [1.29, 1.82) is 0 Å². The Balaban J connectivity index is 3.01. The van der Waals surface area contributed by atoms with Gasteiger partial charge in [-0.15, -0.1) is 0 Å². The normalized spacial score (nSPS) is 10.9. The zero-order chi connectivity index (χ0) is 10.3. The molecule has 0 atom stereocenters. The van der Waals surface area contributed by atoms with Gasteiger partial charge in [-0.1, -0.05) is 17.7 Å². The van der Waals surface area contributed by atoms with Gasteiger partial charge in [-0.2, -0.15) is 0 Å². The van der Waals surface area contributed by atoms with E-state index in [1.807, 2.05) is 19.1 Å². The molecular formula is C10H6Br2ClN. The van der Waals surface area contributed by atoms with Crippen LogP contribution in [0.4, 0.5) is 0 Å².